The highest BCUT2D eigenvalue weighted by atomic mass is 16.2. The van der Waals surface area contributed by atoms with Crippen LogP contribution in [0.4, 0.5) is 10.6 Å². The predicted molar refractivity (Wildman–Crippen MR) is 115 cm³/mol. The number of pyridine rings is 1. The Labute approximate surface area is 177 Å². The first-order chi connectivity index (χ1) is 15.0. The fourth-order valence-corrected chi connectivity index (χ4v) is 2.99. The van der Waals surface area contributed by atoms with Crippen LogP contribution in [0.25, 0.3) is 22.4 Å². The molecule has 0 unspecified atom stereocenters. The summed E-state index contributed by atoms with van der Waals surface area (Å²) in [7, 11) is 0. The number of primary amides is 1. The molecule has 0 bridgehead atoms. The first-order valence-electron chi connectivity index (χ1n) is 9.25. The second-order valence-electron chi connectivity index (χ2n) is 6.65. The third kappa shape index (κ3) is 4.31. The molecule has 0 radical (unpaired) electrons. The van der Waals surface area contributed by atoms with Gasteiger partial charge in [0.1, 0.15) is 12.1 Å². The van der Waals surface area contributed by atoms with E-state index >= 15 is 0 Å². The highest BCUT2D eigenvalue weighted by Crippen LogP contribution is 2.22. The van der Waals surface area contributed by atoms with Crippen molar-refractivity contribution in [3.63, 3.8) is 0 Å². The third-order valence-electron chi connectivity index (χ3n) is 4.63. The van der Waals surface area contributed by atoms with Crippen molar-refractivity contribution in [2.24, 2.45) is 5.73 Å². The van der Waals surface area contributed by atoms with Gasteiger partial charge in [-0.05, 0) is 47.5 Å². The zero-order valence-electron chi connectivity index (χ0n) is 16.2. The van der Waals surface area contributed by atoms with Crippen LogP contribution in [0, 0.1) is 11.3 Å². The molecule has 0 aliphatic rings. The number of aromatic nitrogens is 3. The van der Waals surface area contributed by atoms with E-state index in [-0.39, 0.29) is 5.91 Å². The fraction of sp³-hybridized carbons (Fsp3) is 0. The first-order valence-corrected chi connectivity index (χ1v) is 9.25. The number of nitrogens with one attached hydrogen (secondary N) is 1. The molecule has 0 aliphatic carbocycles. The SMILES string of the molecule is N#Cc1ccc(-c2ccnc(NC(=O)c3ccc(-c4cn(C(N)=O)cn4)cc3)c2)cc1. The van der Waals surface area contributed by atoms with Gasteiger partial charge >= 0.3 is 6.03 Å². The van der Waals surface area contributed by atoms with Crippen molar-refractivity contribution < 1.29 is 9.59 Å². The zero-order chi connectivity index (χ0) is 21.8. The highest BCUT2D eigenvalue weighted by Gasteiger charge is 2.10. The summed E-state index contributed by atoms with van der Waals surface area (Å²) >= 11 is 0. The molecule has 4 aromatic rings. The zero-order valence-corrected chi connectivity index (χ0v) is 16.2. The van der Waals surface area contributed by atoms with Crippen LogP contribution in [0.15, 0.2) is 79.4 Å². The third-order valence-corrected chi connectivity index (χ3v) is 4.63. The monoisotopic (exact) mass is 408 g/mol. The summed E-state index contributed by atoms with van der Waals surface area (Å²) in [6.07, 6.45) is 4.47. The minimum atomic E-state index is -0.620. The molecular formula is C23H16N6O2. The summed E-state index contributed by atoms with van der Waals surface area (Å²) < 4.78 is 1.18. The number of anilines is 1. The number of benzene rings is 2. The Kier molecular flexibility index (Phi) is 5.24. The van der Waals surface area contributed by atoms with E-state index in [9.17, 15) is 9.59 Å². The van der Waals surface area contributed by atoms with E-state index in [0.717, 1.165) is 16.7 Å². The second-order valence-corrected chi connectivity index (χ2v) is 6.65. The normalized spacial score (nSPS) is 10.3. The molecule has 2 heterocycles. The Bertz CT molecular complexity index is 1300. The quantitative estimate of drug-likeness (QED) is 0.533. The van der Waals surface area contributed by atoms with E-state index < -0.39 is 6.03 Å². The van der Waals surface area contributed by atoms with Crippen molar-refractivity contribution in [3.05, 3.63) is 90.5 Å². The number of rotatable bonds is 4. The van der Waals surface area contributed by atoms with Crippen molar-refractivity contribution in [2.45, 2.75) is 0 Å². The van der Waals surface area contributed by atoms with Gasteiger partial charge in [-0.15, -0.1) is 0 Å². The maximum Gasteiger partial charge on any atom is 0.324 e. The lowest BCUT2D eigenvalue weighted by Gasteiger charge is -2.07. The van der Waals surface area contributed by atoms with Crippen molar-refractivity contribution in [1.82, 2.24) is 14.5 Å². The Balaban J connectivity index is 1.49. The average molecular weight is 408 g/mol. The molecule has 31 heavy (non-hydrogen) atoms. The maximum absolute atomic E-state index is 12.6. The molecule has 0 aliphatic heterocycles. The Morgan fingerprint density at radius 2 is 1.65 bits per heavy atom. The number of carbonyl (C=O) groups is 2. The minimum Gasteiger partial charge on any atom is -0.351 e. The Hall–Kier alpha value is -4.77. The highest BCUT2D eigenvalue weighted by molar-refractivity contribution is 6.04. The van der Waals surface area contributed by atoms with E-state index in [1.807, 2.05) is 18.2 Å². The summed E-state index contributed by atoms with van der Waals surface area (Å²) in [6, 6.07) is 19.0. The van der Waals surface area contributed by atoms with Gasteiger partial charge in [0.2, 0.25) is 0 Å². The van der Waals surface area contributed by atoms with Gasteiger partial charge in [0.15, 0.2) is 0 Å². The molecule has 150 valence electrons. The minimum absolute atomic E-state index is 0.307. The van der Waals surface area contributed by atoms with Crippen molar-refractivity contribution >= 4 is 17.8 Å². The molecule has 8 heteroatoms. The molecule has 8 nitrogen and oxygen atoms in total. The maximum atomic E-state index is 12.6. The van der Waals surface area contributed by atoms with Crippen LogP contribution in [0.2, 0.25) is 0 Å². The summed E-state index contributed by atoms with van der Waals surface area (Å²) in [5.74, 6) is 0.106. The second kappa shape index (κ2) is 8.31. The van der Waals surface area contributed by atoms with Crippen LogP contribution in [0.1, 0.15) is 15.9 Å². The van der Waals surface area contributed by atoms with Crippen molar-refractivity contribution in [1.29, 1.82) is 5.26 Å². The van der Waals surface area contributed by atoms with Crippen LogP contribution in [0.5, 0.6) is 0 Å². The first kappa shape index (κ1) is 19.5. The van der Waals surface area contributed by atoms with Gasteiger partial charge in [-0.1, -0.05) is 24.3 Å². The van der Waals surface area contributed by atoms with Gasteiger partial charge in [0, 0.05) is 23.5 Å². The topological polar surface area (TPSA) is 127 Å². The number of hydrogen-bond donors (Lipinski definition) is 2. The summed E-state index contributed by atoms with van der Waals surface area (Å²) in [4.78, 5) is 32.1. The Morgan fingerprint density at radius 3 is 2.29 bits per heavy atom. The molecule has 0 saturated carbocycles. The number of carbonyl (C=O) groups excluding carboxylic acids is 2. The smallest absolute Gasteiger partial charge is 0.324 e. The largest absolute Gasteiger partial charge is 0.351 e. The van der Waals surface area contributed by atoms with Crippen LogP contribution in [-0.2, 0) is 0 Å². The van der Waals surface area contributed by atoms with Gasteiger partial charge in [0.25, 0.3) is 5.91 Å². The van der Waals surface area contributed by atoms with E-state index in [0.29, 0.717) is 22.6 Å². The molecule has 0 atom stereocenters. The lowest BCUT2D eigenvalue weighted by Crippen LogP contribution is -2.17. The summed E-state index contributed by atoms with van der Waals surface area (Å²) in [5.41, 5.74) is 9.35. The van der Waals surface area contributed by atoms with E-state index in [1.165, 1.54) is 17.1 Å². The number of nitriles is 1. The molecule has 4 rings (SSSR count). The van der Waals surface area contributed by atoms with Gasteiger partial charge in [-0.2, -0.15) is 5.26 Å². The van der Waals surface area contributed by atoms with E-state index in [4.69, 9.17) is 11.0 Å². The van der Waals surface area contributed by atoms with E-state index in [1.54, 1.807) is 48.7 Å². The van der Waals surface area contributed by atoms with Gasteiger partial charge in [-0.3, -0.25) is 9.36 Å². The number of amides is 2. The lowest BCUT2D eigenvalue weighted by atomic mass is 10.1. The van der Waals surface area contributed by atoms with Crippen LogP contribution < -0.4 is 11.1 Å². The van der Waals surface area contributed by atoms with Crippen LogP contribution in [0.3, 0.4) is 0 Å². The van der Waals surface area contributed by atoms with E-state index in [2.05, 4.69) is 21.4 Å². The number of imidazole rings is 1. The molecule has 2 aromatic carbocycles. The van der Waals surface area contributed by atoms with Crippen LogP contribution >= 0.6 is 0 Å². The molecule has 2 amide bonds. The fourth-order valence-electron chi connectivity index (χ4n) is 2.99. The molecule has 0 fully saturated rings. The Morgan fingerprint density at radius 1 is 0.935 bits per heavy atom. The molecule has 2 aromatic heterocycles. The summed E-state index contributed by atoms with van der Waals surface area (Å²) in [6.45, 7) is 0. The molecule has 0 spiro atoms. The molecule has 3 N–H and O–H groups in total. The van der Waals surface area contributed by atoms with Crippen molar-refractivity contribution in [2.75, 3.05) is 5.32 Å². The predicted octanol–water partition coefficient (Wildman–Crippen LogP) is 3.66. The number of nitrogens with two attached hydrogens (primary N) is 1. The van der Waals surface area contributed by atoms with Gasteiger partial charge in [0.05, 0.1) is 17.3 Å². The number of hydrogen-bond acceptors (Lipinski definition) is 5. The van der Waals surface area contributed by atoms with Crippen LogP contribution in [-0.4, -0.2) is 26.5 Å². The van der Waals surface area contributed by atoms with Gasteiger partial charge < -0.3 is 11.1 Å². The molecule has 0 saturated heterocycles. The standard InChI is InChI=1S/C23H16N6O2/c24-12-15-1-3-16(4-2-15)19-9-10-26-21(11-19)28-22(30)18-7-5-17(6-8-18)20-13-29(14-27-20)23(25)31/h1-11,13-14H,(H2,25,31)(H,26,28,30). The van der Waals surface area contributed by atoms with Crippen molar-refractivity contribution in [3.8, 4) is 28.5 Å². The van der Waals surface area contributed by atoms with Gasteiger partial charge in [-0.25, -0.2) is 14.8 Å². The number of nitrogens with zero attached hydrogens (tertiary/aromatic N) is 4. The lowest BCUT2D eigenvalue weighted by molar-refractivity contribution is 0.102. The summed E-state index contributed by atoms with van der Waals surface area (Å²) in [5, 5.41) is 11.7. The average Bonchev–Trinajstić information content (AvgIpc) is 3.30. The molecular weight excluding hydrogens is 392 g/mol.